The number of phenolic OH excluding ortho intramolecular Hbond substituents is 1. The van der Waals surface area contributed by atoms with Gasteiger partial charge >= 0.3 is 0 Å². The number of ketones is 2. The van der Waals surface area contributed by atoms with Crippen LogP contribution in [0, 0.1) is 11.8 Å². The molecule has 2 heterocycles. The number of furan rings is 1. The zero-order chi connectivity index (χ0) is 25.2. The number of rotatable bonds is 3. The molecule has 4 aliphatic rings. The number of fused-ring (bicyclic) bond motifs is 3. The lowest BCUT2D eigenvalue weighted by molar-refractivity contribution is -0.146. The van der Waals surface area contributed by atoms with E-state index in [1.807, 2.05) is 12.1 Å². The zero-order valence-corrected chi connectivity index (χ0v) is 19.9. The van der Waals surface area contributed by atoms with Gasteiger partial charge in [-0.25, -0.2) is 0 Å². The first-order chi connectivity index (χ1) is 17.3. The Balaban J connectivity index is 1.52. The van der Waals surface area contributed by atoms with Crippen molar-refractivity contribution in [3.8, 4) is 16.9 Å². The van der Waals surface area contributed by atoms with E-state index in [0.717, 1.165) is 43.1 Å². The summed E-state index contributed by atoms with van der Waals surface area (Å²) in [5.74, 6) is -3.53. The maximum atomic E-state index is 13.6. The van der Waals surface area contributed by atoms with E-state index in [4.69, 9.17) is 4.42 Å². The summed E-state index contributed by atoms with van der Waals surface area (Å²) in [5, 5.41) is 44.6. The Kier molecular flexibility index (Phi) is 5.35. The lowest BCUT2D eigenvalue weighted by atomic mass is 9.60. The summed E-state index contributed by atoms with van der Waals surface area (Å²) < 4.78 is 5.33. The highest BCUT2D eigenvalue weighted by Crippen LogP contribution is 2.53. The van der Waals surface area contributed by atoms with E-state index in [0.29, 0.717) is 24.1 Å². The van der Waals surface area contributed by atoms with Crippen LogP contribution in [0.3, 0.4) is 0 Å². The first-order valence-electron chi connectivity index (χ1n) is 12.6. The summed E-state index contributed by atoms with van der Waals surface area (Å²) in [6.45, 7) is 2.34. The summed E-state index contributed by atoms with van der Waals surface area (Å²) >= 11 is 0. The molecule has 0 radical (unpaired) electrons. The van der Waals surface area contributed by atoms with Gasteiger partial charge in [-0.15, -0.1) is 0 Å². The van der Waals surface area contributed by atoms with Crippen molar-refractivity contribution in [2.45, 2.75) is 50.7 Å². The summed E-state index contributed by atoms with van der Waals surface area (Å²) in [7, 11) is 0. The van der Waals surface area contributed by atoms with Crippen LogP contribution in [0.4, 0.5) is 0 Å². The molecule has 36 heavy (non-hydrogen) atoms. The summed E-state index contributed by atoms with van der Waals surface area (Å²) in [6.07, 6.45) is 7.95. The van der Waals surface area contributed by atoms with Crippen molar-refractivity contribution >= 4 is 17.3 Å². The lowest BCUT2D eigenvalue weighted by Gasteiger charge is -2.45. The Morgan fingerprint density at radius 3 is 2.58 bits per heavy atom. The average Bonchev–Trinajstić information content (AvgIpc) is 3.38. The van der Waals surface area contributed by atoms with Gasteiger partial charge in [0, 0.05) is 41.7 Å². The molecule has 0 spiro atoms. The van der Waals surface area contributed by atoms with Crippen molar-refractivity contribution in [2.24, 2.45) is 11.8 Å². The van der Waals surface area contributed by atoms with Gasteiger partial charge in [0.25, 0.3) is 0 Å². The van der Waals surface area contributed by atoms with Gasteiger partial charge in [-0.1, -0.05) is 6.42 Å². The molecule has 8 heteroatoms. The van der Waals surface area contributed by atoms with Crippen LogP contribution in [0.1, 0.15) is 48.8 Å². The number of nitrogens with zero attached hydrogens (tertiary/aromatic N) is 1. The lowest BCUT2D eigenvalue weighted by Crippen LogP contribution is -2.56. The molecule has 1 aliphatic heterocycles. The largest absolute Gasteiger partial charge is 0.509 e. The minimum Gasteiger partial charge on any atom is -0.509 e. The Morgan fingerprint density at radius 1 is 1.08 bits per heavy atom. The highest BCUT2D eigenvalue weighted by molar-refractivity contribution is 6.12. The molecule has 188 valence electrons. The molecule has 2 fully saturated rings. The minimum absolute atomic E-state index is 0.000819. The molecular weight excluding hydrogens is 462 g/mol. The Morgan fingerprint density at radius 2 is 1.86 bits per heavy atom. The van der Waals surface area contributed by atoms with Gasteiger partial charge in [-0.2, -0.15) is 0 Å². The van der Waals surface area contributed by atoms with Gasteiger partial charge in [0.2, 0.25) is 5.78 Å². The number of Topliss-reactive ketones (excluding diaryl/α,β-unsaturated/α-hetero) is 1. The molecule has 1 saturated carbocycles. The maximum absolute atomic E-state index is 13.6. The third-order valence-electron chi connectivity index (χ3n) is 8.40. The van der Waals surface area contributed by atoms with Gasteiger partial charge in [0.15, 0.2) is 11.4 Å². The number of piperidine rings is 1. The van der Waals surface area contributed by atoms with E-state index in [2.05, 4.69) is 4.90 Å². The number of carbonyl (C=O) groups excluding carboxylic acids is 2. The van der Waals surface area contributed by atoms with Gasteiger partial charge in [-0.3, -0.25) is 14.5 Å². The average molecular weight is 492 g/mol. The number of aliphatic hydroxyl groups excluding tert-OH is 2. The van der Waals surface area contributed by atoms with E-state index >= 15 is 0 Å². The first kappa shape index (κ1) is 23.1. The number of likely N-dealkylation sites (tertiary alicyclic amines) is 1. The molecule has 0 bridgehead atoms. The van der Waals surface area contributed by atoms with Gasteiger partial charge < -0.3 is 24.8 Å². The second-order valence-corrected chi connectivity index (χ2v) is 10.5. The minimum atomic E-state index is -2.25. The molecule has 1 saturated heterocycles. The summed E-state index contributed by atoms with van der Waals surface area (Å²) in [4.78, 5) is 27.9. The van der Waals surface area contributed by atoms with Crippen molar-refractivity contribution in [3.63, 3.8) is 0 Å². The topological polar surface area (TPSA) is 131 Å². The van der Waals surface area contributed by atoms with Crippen molar-refractivity contribution in [1.29, 1.82) is 0 Å². The molecule has 1 aromatic heterocycles. The maximum Gasteiger partial charge on any atom is 0.202 e. The Bertz CT molecular complexity index is 1320. The highest BCUT2D eigenvalue weighted by Gasteiger charge is 2.58. The second kappa shape index (κ2) is 8.35. The molecule has 0 amide bonds. The number of benzene rings is 1. The van der Waals surface area contributed by atoms with Crippen molar-refractivity contribution in [2.75, 3.05) is 13.1 Å². The van der Waals surface area contributed by atoms with Crippen LogP contribution >= 0.6 is 0 Å². The number of aliphatic hydroxyl groups is 3. The number of hydrogen-bond acceptors (Lipinski definition) is 8. The fourth-order valence-corrected chi connectivity index (χ4v) is 6.59. The number of allylic oxidation sites excluding steroid dienone is 1. The van der Waals surface area contributed by atoms with Crippen molar-refractivity contribution in [1.82, 2.24) is 4.90 Å². The van der Waals surface area contributed by atoms with Crippen LogP contribution in [0.2, 0.25) is 0 Å². The van der Waals surface area contributed by atoms with E-state index in [-0.39, 0.29) is 41.3 Å². The SMILES string of the molecule is O=C1C=C(O)[C@@]2(O)C(=O)C3=C(O)c4c(O)c(CN5CCCCC5)cc(-c5ccoc5)c4C[C@H]3C[C@H]2C1. The molecule has 6 rings (SSSR count). The molecular formula is C28H29NO7. The Hall–Kier alpha value is -3.36. The zero-order valence-electron chi connectivity index (χ0n) is 19.9. The molecule has 8 nitrogen and oxygen atoms in total. The standard InChI is InChI=1S/C28H29NO7/c30-19-11-18-8-16-9-21-20(15-4-7-36-14-15)10-17(13-29-5-2-1-3-6-29)25(32)24(21)26(33)23(16)27(34)28(18,35)22(31)12-19/h4,7,10,12,14,16,18,31-33,35H,1-3,5-6,8-9,11,13H2/t16-,18+,28-/m1/s1. The van der Waals surface area contributed by atoms with Crippen molar-refractivity contribution in [3.05, 3.63) is 58.8 Å². The number of carbonyl (C=O) groups is 2. The van der Waals surface area contributed by atoms with E-state index < -0.39 is 29.0 Å². The molecule has 4 N–H and O–H groups in total. The predicted octanol–water partition coefficient (Wildman–Crippen LogP) is 3.81. The van der Waals surface area contributed by atoms with E-state index in [1.165, 1.54) is 6.42 Å². The highest BCUT2D eigenvalue weighted by atomic mass is 16.3. The van der Waals surface area contributed by atoms with Crippen LogP contribution in [0.15, 0.2) is 46.5 Å². The number of phenols is 1. The summed E-state index contributed by atoms with van der Waals surface area (Å²) in [5.41, 5.74) is 0.891. The molecule has 2 aromatic rings. The monoisotopic (exact) mass is 491 g/mol. The Labute approximate surface area is 208 Å². The third-order valence-corrected chi connectivity index (χ3v) is 8.40. The fraction of sp³-hybridized carbons (Fsp3) is 0.429. The smallest absolute Gasteiger partial charge is 0.202 e. The van der Waals surface area contributed by atoms with E-state index in [1.54, 1.807) is 12.5 Å². The molecule has 1 aromatic carbocycles. The van der Waals surface area contributed by atoms with Crippen LogP contribution in [0.5, 0.6) is 5.75 Å². The number of aromatic hydroxyl groups is 1. The number of hydrogen-bond donors (Lipinski definition) is 4. The predicted molar refractivity (Wildman–Crippen MR) is 130 cm³/mol. The normalized spacial score (nSPS) is 28.4. The fourth-order valence-electron chi connectivity index (χ4n) is 6.59. The first-order valence-corrected chi connectivity index (χ1v) is 12.6. The molecule has 3 atom stereocenters. The van der Waals surface area contributed by atoms with Gasteiger partial charge in [-0.05, 0) is 68.0 Å². The van der Waals surface area contributed by atoms with Gasteiger partial charge in [0.1, 0.15) is 17.3 Å². The van der Waals surface area contributed by atoms with Crippen LogP contribution in [0.25, 0.3) is 16.9 Å². The van der Waals surface area contributed by atoms with Crippen LogP contribution in [-0.2, 0) is 22.6 Å². The van der Waals surface area contributed by atoms with Gasteiger partial charge in [0.05, 0.1) is 18.1 Å². The van der Waals surface area contributed by atoms with Crippen molar-refractivity contribution < 1.29 is 34.4 Å². The van der Waals surface area contributed by atoms with Crippen LogP contribution in [-0.4, -0.2) is 55.6 Å². The second-order valence-electron chi connectivity index (χ2n) is 10.5. The third kappa shape index (κ3) is 3.35. The van der Waals surface area contributed by atoms with Crippen LogP contribution < -0.4 is 0 Å². The molecule has 3 aliphatic carbocycles. The molecule has 0 unspecified atom stereocenters. The summed E-state index contributed by atoms with van der Waals surface area (Å²) in [6, 6.07) is 3.76. The van der Waals surface area contributed by atoms with E-state index in [9.17, 15) is 30.0 Å². The quantitative estimate of drug-likeness (QED) is 0.510.